The van der Waals surface area contributed by atoms with Crippen LogP contribution in [0.2, 0.25) is 10.0 Å². The molecule has 208 valence electrons. The highest BCUT2D eigenvalue weighted by molar-refractivity contribution is 6.39. The van der Waals surface area contributed by atoms with Crippen molar-refractivity contribution in [2.75, 3.05) is 17.2 Å². The smallest absolute Gasteiger partial charge is 0.338 e. The van der Waals surface area contributed by atoms with Crippen molar-refractivity contribution in [1.82, 2.24) is 5.16 Å². The van der Waals surface area contributed by atoms with Crippen LogP contribution in [0.25, 0.3) is 11.3 Å². The number of phenols is 1. The van der Waals surface area contributed by atoms with Crippen molar-refractivity contribution in [3.63, 3.8) is 0 Å². The Balaban J connectivity index is 1.49. The lowest BCUT2D eigenvalue weighted by molar-refractivity contribution is -0.116. The number of halogens is 2. The summed E-state index contributed by atoms with van der Waals surface area (Å²) in [6.45, 7) is 5.95. The van der Waals surface area contributed by atoms with Crippen molar-refractivity contribution in [2.45, 2.75) is 39.5 Å². The molecule has 3 N–H and O–H groups in total. The minimum Gasteiger partial charge on any atom is -0.504 e. The zero-order valence-corrected chi connectivity index (χ0v) is 23.8. The van der Waals surface area contributed by atoms with E-state index in [1.165, 1.54) is 0 Å². The molecule has 3 aromatic carbocycles. The molecule has 0 saturated heterocycles. The highest BCUT2D eigenvalue weighted by atomic mass is 35.5. The van der Waals surface area contributed by atoms with Crippen molar-refractivity contribution >= 4 is 52.1 Å². The molecule has 10 heteroatoms. The molecule has 0 saturated carbocycles. The second kappa shape index (κ2) is 12.9. The maximum atomic E-state index is 13.0. The second-order valence-corrected chi connectivity index (χ2v) is 10.1. The van der Waals surface area contributed by atoms with Crippen LogP contribution in [-0.4, -0.2) is 28.7 Å². The number of anilines is 3. The molecule has 0 unspecified atom stereocenters. The number of phenolic OH excluding ortho intramolecular Hbond substituents is 1. The van der Waals surface area contributed by atoms with E-state index in [2.05, 4.69) is 15.8 Å². The predicted molar refractivity (Wildman–Crippen MR) is 157 cm³/mol. The van der Waals surface area contributed by atoms with E-state index in [0.717, 1.165) is 5.56 Å². The molecule has 0 aliphatic heterocycles. The summed E-state index contributed by atoms with van der Waals surface area (Å²) < 4.78 is 10.7. The summed E-state index contributed by atoms with van der Waals surface area (Å²) in [5, 5.41) is 21.8. The average Bonchev–Trinajstić information content (AvgIpc) is 3.34. The van der Waals surface area contributed by atoms with E-state index in [9.17, 15) is 14.7 Å². The first-order valence-electron chi connectivity index (χ1n) is 12.8. The zero-order valence-electron chi connectivity index (χ0n) is 22.3. The van der Waals surface area contributed by atoms with Crippen LogP contribution in [0.3, 0.4) is 0 Å². The van der Waals surface area contributed by atoms with Gasteiger partial charge in [0.2, 0.25) is 5.91 Å². The first-order chi connectivity index (χ1) is 19.2. The highest BCUT2D eigenvalue weighted by Crippen LogP contribution is 2.39. The van der Waals surface area contributed by atoms with E-state index in [-0.39, 0.29) is 36.3 Å². The minimum atomic E-state index is -0.440. The van der Waals surface area contributed by atoms with Gasteiger partial charge in [-0.25, -0.2) is 4.79 Å². The molecule has 0 atom stereocenters. The summed E-state index contributed by atoms with van der Waals surface area (Å²) >= 11 is 12.8. The van der Waals surface area contributed by atoms with Crippen LogP contribution in [0.1, 0.15) is 54.8 Å². The van der Waals surface area contributed by atoms with E-state index in [1.807, 2.05) is 13.8 Å². The summed E-state index contributed by atoms with van der Waals surface area (Å²) in [5.74, 6) is -0.227. The molecule has 0 aliphatic carbocycles. The normalized spacial score (nSPS) is 10.9. The van der Waals surface area contributed by atoms with Gasteiger partial charge in [-0.15, -0.1) is 0 Å². The number of aromatic nitrogens is 1. The van der Waals surface area contributed by atoms with E-state index in [4.69, 9.17) is 32.5 Å². The second-order valence-electron chi connectivity index (χ2n) is 9.30. The summed E-state index contributed by atoms with van der Waals surface area (Å²) in [6, 6.07) is 16.9. The molecule has 4 aromatic rings. The van der Waals surface area contributed by atoms with Gasteiger partial charge < -0.3 is 25.0 Å². The van der Waals surface area contributed by atoms with Gasteiger partial charge in [0, 0.05) is 29.2 Å². The van der Waals surface area contributed by atoms with Crippen molar-refractivity contribution in [2.24, 2.45) is 0 Å². The number of aromatic hydroxyl groups is 1. The van der Waals surface area contributed by atoms with Gasteiger partial charge in [0.25, 0.3) is 0 Å². The van der Waals surface area contributed by atoms with Crippen LogP contribution in [0.5, 0.6) is 5.75 Å². The molecular formula is C30H29Cl2N3O5. The number of hydrogen-bond donors (Lipinski definition) is 3. The Morgan fingerprint density at radius 3 is 2.40 bits per heavy atom. The van der Waals surface area contributed by atoms with E-state index in [1.54, 1.807) is 67.6 Å². The lowest BCUT2D eigenvalue weighted by Crippen LogP contribution is -2.13. The molecule has 1 amide bonds. The molecular weight excluding hydrogens is 553 g/mol. The summed E-state index contributed by atoms with van der Waals surface area (Å²) in [7, 11) is 0. The highest BCUT2D eigenvalue weighted by Gasteiger charge is 2.24. The number of amides is 1. The van der Waals surface area contributed by atoms with Crippen molar-refractivity contribution in [1.29, 1.82) is 0 Å². The zero-order chi connectivity index (χ0) is 28.8. The van der Waals surface area contributed by atoms with Crippen LogP contribution in [0.15, 0.2) is 65.2 Å². The lowest BCUT2D eigenvalue weighted by Gasteiger charge is -2.14. The van der Waals surface area contributed by atoms with Crippen LogP contribution in [0.4, 0.5) is 17.1 Å². The summed E-state index contributed by atoms with van der Waals surface area (Å²) in [4.78, 5) is 25.0. The van der Waals surface area contributed by atoms with Crippen LogP contribution in [-0.2, 0) is 16.0 Å². The largest absolute Gasteiger partial charge is 0.504 e. The summed E-state index contributed by atoms with van der Waals surface area (Å²) in [6.07, 6.45) is 0.410. The van der Waals surface area contributed by atoms with Crippen LogP contribution < -0.4 is 10.6 Å². The molecule has 0 aliphatic rings. The van der Waals surface area contributed by atoms with Crippen LogP contribution in [0, 0.1) is 0 Å². The standard InChI is InChI=1S/C30H29Cl2N3O5/c1-4-39-30(38)18-8-5-9-19(16-18)33-23-12-7-13-24(28(23)37)34-25(36)15-14-20-27(35-40-29(20)17(2)3)26-21(31)10-6-11-22(26)32/h5-13,16-17,33,37H,4,14-15H2,1-3H3,(H,34,36). The van der Waals surface area contributed by atoms with Crippen molar-refractivity contribution in [3.8, 4) is 17.0 Å². The molecule has 0 fully saturated rings. The number of esters is 1. The third-order valence-electron chi connectivity index (χ3n) is 6.11. The van der Waals surface area contributed by atoms with Gasteiger partial charge in [0.1, 0.15) is 11.5 Å². The minimum absolute atomic E-state index is 0.0229. The molecule has 4 rings (SSSR count). The number of rotatable bonds is 10. The number of benzene rings is 3. The van der Waals surface area contributed by atoms with Gasteiger partial charge >= 0.3 is 5.97 Å². The number of nitrogens with zero attached hydrogens (tertiary/aromatic N) is 1. The van der Waals surface area contributed by atoms with Crippen molar-refractivity contribution < 1.29 is 24.0 Å². The Bertz CT molecular complexity index is 1510. The molecule has 1 aromatic heterocycles. The third-order valence-corrected chi connectivity index (χ3v) is 6.74. The lowest BCUT2D eigenvalue weighted by atomic mass is 9.97. The third kappa shape index (κ3) is 6.58. The molecule has 0 bridgehead atoms. The first-order valence-corrected chi connectivity index (χ1v) is 13.5. The Kier molecular flexibility index (Phi) is 9.34. The van der Waals surface area contributed by atoms with E-state index >= 15 is 0 Å². The number of ether oxygens (including phenoxy) is 1. The first kappa shape index (κ1) is 29.0. The number of carbonyl (C=O) groups excluding carboxylic acids is 2. The SMILES string of the molecule is CCOC(=O)c1cccc(Nc2cccc(NC(=O)CCc3c(-c4c(Cl)cccc4Cl)noc3C(C)C)c2O)c1. The topological polar surface area (TPSA) is 114 Å². The quantitative estimate of drug-likeness (QED) is 0.128. The van der Waals surface area contributed by atoms with Gasteiger partial charge in [-0.3, -0.25) is 4.79 Å². The molecule has 1 heterocycles. The summed E-state index contributed by atoms with van der Waals surface area (Å²) in [5.41, 5.74) is 3.36. The number of hydrogen-bond acceptors (Lipinski definition) is 7. The average molecular weight is 582 g/mol. The number of para-hydroxylation sites is 1. The number of carbonyl (C=O) groups is 2. The van der Waals surface area contributed by atoms with Gasteiger partial charge in [-0.2, -0.15) is 0 Å². The molecule has 40 heavy (non-hydrogen) atoms. The van der Waals surface area contributed by atoms with Gasteiger partial charge in [-0.05, 0) is 55.8 Å². The molecule has 8 nitrogen and oxygen atoms in total. The van der Waals surface area contributed by atoms with Crippen LogP contribution >= 0.6 is 23.2 Å². The monoisotopic (exact) mass is 581 g/mol. The van der Waals surface area contributed by atoms with Gasteiger partial charge in [-0.1, -0.05) is 60.4 Å². The van der Waals surface area contributed by atoms with E-state index < -0.39 is 5.97 Å². The predicted octanol–water partition coefficient (Wildman–Crippen LogP) is 7.97. The molecule has 0 radical (unpaired) electrons. The number of nitrogens with one attached hydrogen (secondary N) is 2. The Labute approximate surface area is 242 Å². The maximum absolute atomic E-state index is 13.0. The Hall–Kier alpha value is -4.01. The Morgan fingerprint density at radius 1 is 1.02 bits per heavy atom. The fourth-order valence-corrected chi connectivity index (χ4v) is 4.80. The molecule has 0 spiro atoms. The fourth-order valence-electron chi connectivity index (χ4n) is 4.23. The fraction of sp³-hybridized carbons (Fsp3) is 0.233. The van der Waals surface area contributed by atoms with Gasteiger partial charge in [0.05, 0.1) is 33.6 Å². The Morgan fingerprint density at radius 2 is 1.70 bits per heavy atom. The van der Waals surface area contributed by atoms with E-state index in [0.29, 0.717) is 50.4 Å². The maximum Gasteiger partial charge on any atom is 0.338 e. The van der Waals surface area contributed by atoms with Gasteiger partial charge in [0.15, 0.2) is 5.75 Å². The van der Waals surface area contributed by atoms with Crippen molar-refractivity contribution in [3.05, 3.63) is 87.6 Å².